The van der Waals surface area contributed by atoms with Crippen molar-refractivity contribution in [1.82, 2.24) is 9.55 Å². The highest BCUT2D eigenvalue weighted by atomic mass is 79.9. The van der Waals surface area contributed by atoms with Gasteiger partial charge in [-0.1, -0.05) is 34.1 Å². The van der Waals surface area contributed by atoms with E-state index in [1.54, 1.807) is 24.3 Å². The molecule has 2 heterocycles. The number of halogens is 1. The highest BCUT2D eigenvalue weighted by Crippen LogP contribution is 2.24. The van der Waals surface area contributed by atoms with E-state index < -0.39 is 11.0 Å². The summed E-state index contributed by atoms with van der Waals surface area (Å²) in [7, 11) is 1.53. The lowest BCUT2D eigenvalue weighted by molar-refractivity contribution is 0.414. The summed E-state index contributed by atoms with van der Waals surface area (Å²) in [5, 5.41) is 0.217. The lowest BCUT2D eigenvalue weighted by Crippen LogP contribution is -2.27. The number of hydrogen-bond acceptors (Lipinski definition) is 5. The van der Waals surface area contributed by atoms with E-state index >= 15 is 0 Å². The topological polar surface area (TPSA) is 74.3 Å². The van der Waals surface area contributed by atoms with E-state index in [4.69, 9.17) is 9.15 Å². The minimum atomic E-state index is -0.464. The number of benzene rings is 2. The van der Waals surface area contributed by atoms with Crippen LogP contribution in [0.25, 0.3) is 33.5 Å². The van der Waals surface area contributed by atoms with Crippen molar-refractivity contribution < 1.29 is 9.15 Å². The number of fused-ring (bicyclic) bond motifs is 2. The molecule has 7 heteroatoms. The number of hydrogen-bond donors (Lipinski definition) is 0. The van der Waals surface area contributed by atoms with Gasteiger partial charge in [-0.15, -0.1) is 6.58 Å². The second-order valence-corrected chi connectivity index (χ2v) is 7.04. The number of aromatic nitrogens is 2. The summed E-state index contributed by atoms with van der Waals surface area (Å²) in [5.74, 6) is 0.943. The van der Waals surface area contributed by atoms with Gasteiger partial charge in [-0.25, -0.2) is 0 Å². The Balaban J connectivity index is 2.12. The largest absolute Gasteiger partial charge is 0.497 e. The summed E-state index contributed by atoms with van der Waals surface area (Å²) in [6.45, 7) is 3.92. The van der Waals surface area contributed by atoms with Crippen LogP contribution in [0.2, 0.25) is 0 Å². The van der Waals surface area contributed by atoms with Gasteiger partial charge in [-0.2, -0.15) is 4.98 Å². The summed E-state index contributed by atoms with van der Waals surface area (Å²) in [6, 6.07) is 12.2. The van der Waals surface area contributed by atoms with Gasteiger partial charge in [0.25, 0.3) is 5.56 Å². The third-order valence-electron chi connectivity index (χ3n) is 4.42. The minimum absolute atomic E-state index is 0.00557. The van der Waals surface area contributed by atoms with Gasteiger partial charge in [-0.3, -0.25) is 14.2 Å². The van der Waals surface area contributed by atoms with Crippen molar-refractivity contribution >= 4 is 38.0 Å². The maximum atomic E-state index is 13.1. The van der Waals surface area contributed by atoms with Crippen LogP contribution in [0.5, 0.6) is 5.75 Å². The summed E-state index contributed by atoms with van der Waals surface area (Å²) >= 11 is 3.39. The Morgan fingerprint density at radius 2 is 1.96 bits per heavy atom. The van der Waals surface area contributed by atoms with E-state index in [0.717, 1.165) is 10.0 Å². The molecule has 0 fully saturated rings. The van der Waals surface area contributed by atoms with Crippen molar-refractivity contribution in [2.45, 2.75) is 6.54 Å². The molecule has 0 bridgehead atoms. The number of nitrogens with zero attached hydrogens (tertiary/aromatic N) is 2. The lowest BCUT2D eigenvalue weighted by atomic mass is 10.1. The number of ether oxygens (including phenoxy) is 1. The smallest absolute Gasteiger partial charge is 0.269 e. The molecule has 0 amide bonds. The number of allylic oxidation sites excluding steroid dienone is 1. The van der Waals surface area contributed by atoms with E-state index in [2.05, 4.69) is 27.5 Å². The SMILES string of the molecule is C=CCn1c(-c2ccc(Br)cc2)nc2oc3cc(OC)ccc3c(=O)c2c1=O. The van der Waals surface area contributed by atoms with E-state index in [9.17, 15) is 9.59 Å². The van der Waals surface area contributed by atoms with Crippen LogP contribution in [0, 0.1) is 0 Å². The number of methoxy groups -OCH3 is 1. The minimum Gasteiger partial charge on any atom is -0.497 e. The fourth-order valence-corrected chi connectivity index (χ4v) is 3.33. The Labute approximate surface area is 167 Å². The predicted octanol–water partition coefficient (Wildman–Crippen LogP) is 4.13. The molecule has 0 radical (unpaired) electrons. The van der Waals surface area contributed by atoms with Crippen LogP contribution in [0.1, 0.15) is 0 Å². The first-order chi connectivity index (χ1) is 13.5. The van der Waals surface area contributed by atoms with Gasteiger partial charge < -0.3 is 9.15 Å². The van der Waals surface area contributed by atoms with Gasteiger partial charge in [0.15, 0.2) is 5.39 Å². The van der Waals surface area contributed by atoms with Crippen LogP contribution in [0.4, 0.5) is 0 Å². The third kappa shape index (κ3) is 2.93. The molecular formula is C21H15BrN2O4. The Morgan fingerprint density at radius 1 is 1.21 bits per heavy atom. The summed E-state index contributed by atoms with van der Waals surface area (Å²) in [6.07, 6.45) is 1.59. The molecule has 0 aliphatic carbocycles. The Hall–Kier alpha value is -3.19. The predicted molar refractivity (Wildman–Crippen MR) is 112 cm³/mol. The number of rotatable bonds is 4. The molecule has 0 aliphatic heterocycles. The molecule has 0 atom stereocenters. The van der Waals surface area contributed by atoms with Crippen LogP contribution in [-0.2, 0) is 6.54 Å². The van der Waals surface area contributed by atoms with Crippen molar-refractivity contribution in [1.29, 1.82) is 0 Å². The van der Waals surface area contributed by atoms with E-state index in [-0.39, 0.29) is 17.6 Å². The van der Waals surface area contributed by atoms with Crippen LogP contribution in [0.3, 0.4) is 0 Å². The van der Waals surface area contributed by atoms with Gasteiger partial charge in [0, 0.05) is 22.6 Å². The van der Waals surface area contributed by atoms with E-state index in [0.29, 0.717) is 22.5 Å². The van der Waals surface area contributed by atoms with Gasteiger partial charge in [0.1, 0.15) is 17.2 Å². The molecule has 4 rings (SSSR count). The lowest BCUT2D eigenvalue weighted by Gasteiger charge is -2.12. The summed E-state index contributed by atoms with van der Waals surface area (Å²) < 4.78 is 13.3. The molecule has 0 spiro atoms. The zero-order valence-corrected chi connectivity index (χ0v) is 16.5. The van der Waals surface area contributed by atoms with Crippen LogP contribution in [0.15, 0.2) is 73.6 Å². The van der Waals surface area contributed by atoms with Crippen LogP contribution < -0.4 is 15.7 Å². The molecule has 0 unspecified atom stereocenters. The molecule has 0 aliphatic rings. The quantitative estimate of drug-likeness (QED) is 0.353. The second kappa shape index (κ2) is 7.09. The molecule has 0 saturated carbocycles. The average molecular weight is 439 g/mol. The first-order valence-corrected chi connectivity index (χ1v) is 9.25. The zero-order valence-electron chi connectivity index (χ0n) is 14.9. The monoisotopic (exact) mass is 438 g/mol. The van der Waals surface area contributed by atoms with E-state index in [1.165, 1.54) is 11.7 Å². The second-order valence-electron chi connectivity index (χ2n) is 6.12. The van der Waals surface area contributed by atoms with Crippen LogP contribution in [-0.4, -0.2) is 16.7 Å². The van der Waals surface area contributed by atoms with Gasteiger partial charge in [0.2, 0.25) is 11.1 Å². The van der Waals surface area contributed by atoms with Crippen molar-refractivity contribution in [3.8, 4) is 17.1 Å². The first kappa shape index (κ1) is 18.2. The molecule has 0 saturated heterocycles. The molecule has 140 valence electrons. The molecule has 2 aromatic heterocycles. The van der Waals surface area contributed by atoms with Crippen molar-refractivity contribution in [2.24, 2.45) is 0 Å². The van der Waals surface area contributed by atoms with Crippen molar-refractivity contribution in [3.63, 3.8) is 0 Å². The van der Waals surface area contributed by atoms with Gasteiger partial charge in [0.05, 0.1) is 12.5 Å². The van der Waals surface area contributed by atoms with Crippen LogP contribution >= 0.6 is 15.9 Å². The van der Waals surface area contributed by atoms with Gasteiger partial charge in [-0.05, 0) is 24.3 Å². The molecule has 6 nitrogen and oxygen atoms in total. The first-order valence-electron chi connectivity index (χ1n) is 8.45. The van der Waals surface area contributed by atoms with Crippen molar-refractivity contribution in [3.05, 3.63) is 80.2 Å². The maximum Gasteiger partial charge on any atom is 0.269 e. The molecule has 2 aromatic carbocycles. The molecule has 0 N–H and O–H groups in total. The summed E-state index contributed by atoms with van der Waals surface area (Å²) in [5.41, 5.74) is 0.143. The molecule has 4 aromatic rings. The maximum absolute atomic E-state index is 13.1. The molecular weight excluding hydrogens is 424 g/mol. The third-order valence-corrected chi connectivity index (χ3v) is 4.95. The van der Waals surface area contributed by atoms with Crippen molar-refractivity contribution in [2.75, 3.05) is 7.11 Å². The Kier molecular flexibility index (Phi) is 4.60. The highest BCUT2D eigenvalue weighted by molar-refractivity contribution is 9.10. The fraction of sp³-hybridized carbons (Fsp3) is 0.0952. The Bertz CT molecular complexity index is 1340. The standard InChI is InChI=1S/C21H15BrN2O4/c1-3-10-24-19(12-4-6-13(22)7-5-12)23-20-17(21(24)26)18(25)15-9-8-14(27-2)11-16(15)28-20/h3-9,11H,1,10H2,2H3. The summed E-state index contributed by atoms with van der Waals surface area (Å²) in [4.78, 5) is 30.6. The van der Waals surface area contributed by atoms with Gasteiger partial charge >= 0.3 is 0 Å². The fourth-order valence-electron chi connectivity index (χ4n) is 3.06. The molecule has 28 heavy (non-hydrogen) atoms. The van der Waals surface area contributed by atoms with E-state index in [1.807, 2.05) is 24.3 Å². The zero-order chi connectivity index (χ0) is 19.8. The normalized spacial score (nSPS) is 11.1. The Morgan fingerprint density at radius 3 is 2.64 bits per heavy atom. The highest BCUT2D eigenvalue weighted by Gasteiger charge is 2.18. The average Bonchev–Trinajstić information content (AvgIpc) is 2.70.